The van der Waals surface area contributed by atoms with Crippen LogP contribution >= 0.6 is 0 Å². The summed E-state index contributed by atoms with van der Waals surface area (Å²) in [4.78, 5) is 4.30. The fourth-order valence-corrected chi connectivity index (χ4v) is 1.79. The highest BCUT2D eigenvalue weighted by molar-refractivity contribution is 5.40. The van der Waals surface area contributed by atoms with E-state index < -0.39 is 0 Å². The third-order valence-electron chi connectivity index (χ3n) is 2.66. The minimum Gasteiger partial charge on any atom is -0.481 e. The van der Waals surface area contributed by atoms with Crippen molar-refractivity contribution in [3.63, 3.8) is 0 Å². The van der Waals surface area contributed by atoms with Crippen LogP contribution in [0.5, 0.6) is 5.88 Å². The van der Waals surface area contributed by atoms with Crippen molar-refractivity contribution >= 4 is 5.82 Å². The second-order valence-corrected chi connectivity index (χ2v) is 3.96. The molecule has 0 fully saturated rings. The summed E-state index contributed by atoms with van der Waals surface area (Å²) in [5, 5.41) is 7.59. The van der Waals surface area contributed by atoms with Crippen LogP contribution in [0.3, 0.4) is 0 Å². The lowest BCUT2D eigenvalue weighted by Gasteiger charge is -2.12. The third kappa shape index (κ3) is 2.25. The molecule has 1 atom stereocenters. The Morgan fingerprint density at radius 1 is 1.41 bits per heavy atom. The van der Waals surface area contributed by atoms with Crippen LogP contribution in [0.25, 0.3) is 0 Å². The van der Waals surface area contributed by atoms with E-state index in [1.807, 2.05) is 37.8 Å². The van der Waals surface area contributed by atoms with E-state index in [2.05, 4.69) is 15.4 Å². The molecular weight excluding hydrogens is 218 g/mol. The van der Waals surface area contributed by atoms with Crippen LogP contribution in [0.15, 0.2) is 18.5 Å². The molecule has 0 aliphatic heterocycles. The average Bonchev–Trinajstić information content (AvgIpc) is 2.84. The summed E-state index contributed by atoms with van der Waals surface area (Å²) in [5.74, 6) is 2.47. The maximum Gasteiger partial charge on any atom is 0.213 e. The first-order chi connectivity index (χ1) is 8.11. The lowest BCUT2D eigenvalue weighted by Crippen LogP contribution is -2.12. The number of ether oxygens (including phenoxy) is 1. The lowest BCUT2D eigenvalue weighted by atomic mass is 10.3. The monoisotopic (exact) mass is 235 g/mol. The summed E-state index contributed by atoms with van der Waals surface area (Å²) < 4.78 is 8.83. The Hall–Kier alpha value is -1.98. The van der Waals surface area contributed by atoms with E-state index in [0.717, 1.165) is 17.5 Å². The highest BCUT2D eigenvalue weighted by Gasteiger charge is 2.12. The largest absolute Gasteiger partial charge is 0.481 e. The topological polar surface area (TPSA) is 56.9 Å². The maximum absolute atomic E-state index is 5.16. The van der Waals surface area contributed by atoms with Crippen molar-refractivity contribution in [2.45, 2.75) is 13.0 Å². The van der Waals surface area contributed by atoms with Gasteiger partial charge >= 0.3 is 0 Å². The Kier molecular flexibility index (Phi) is 3.03. The molecule has 0 bridgehead atoms. The molecule has 6 nitrogen and oxygen atoms in total. The number of methoxy groups -OCH3 is 1. The van der Waals surface area contributed by atoms with Gasteiger partial charge in [-0.05, 0) is 6.92 Å². The van der Waals surface area contributed by atoms with E-state index in [1.54, 1.807) is 18.0 Å². The Labute approximate surface area is 100 Å². The molecule has 0 saturated carbocycles. The van der Waals surface area contributed by atoms with Crippen LogP contribution in [-0.2, 0) is 14.1 Å². The highest BCUT2D eigenvalue weighted by atomic mass is 16.5. The fourth-order valence-electron chi connectivity index (χ4n) is 1.79. The molecule has 0 saturated heterocycles. The third-order valence-corrected chi connectivity index (χ3v) is 2.66. The van der Waals surface area contributed by atoms with Gasteiger partial charge in [0.15, 0.2) is 5.82 Å². The van der Waals surface area contributed by atoms with Gasteiger partial charge in [0.25, 0.3) is 0 Å². The minimum atomic E-state index is 0.0922. The molecule has 1 N–H and O–H groups in total. The van der Waals surface area contributed by atoms with Crippen molar-refractivity contribution in [1.82, 2.24) is 19.3 Å². The molecule has 2 heterocycles. The molecule has 92 valence electrons. The molecule has 2 rings (SSSR count). The number of hydrogen-bond acceptors (Lipinski definition) is 4. The van der Waals surface area contributed by atoms with E-state index >= 15 is 0 Å². The summed E-state index contributed by atoms with van der Waals surface area (Å²) >= 11 is 0. The van der Waals surface area contributed by atoms with Crippen LogP contribution in [0.4, 0.5) is 5.82 Å². The average molecular weight is 235 g/mol. The zero-order valence-electron chi connectivity index (χ0n) is 10.5. The zero-order valence-corrected chi connectivity index (χ0v) is 10.5. The first kappa shape index (κ1) is 11.5. The highest BCUT2D eigenvalue weighted by Crippen LogP contribution is 2.20. The molecule has 0 aliphatic carbocycles. The minimum absolute atomic E-state index is 0.0922. The molecule has 1 unspecified atom stereocenters. The molecule has 2 aromatic rings. The Morgan fingerprint density at radius 3 is 2.71 bits per heavy atom. The van der Waals surface area contributed by atoms with E-state index in [0.29, 0.717) is 0 Å². The predicted octanol–water partition coefficient (Wildman–Crippen LogP) is 1.34. The van der Waals surface area contributed by atoms with Gasteiger partial charge in [-0.25, -0.2) is 9.67 Å². The van der Waals surface area contributed by atoms with Gasteiger partial charge in [0, 0.05) is 32.6 Å². The fraction of sp³-hybridized carbons (Fsp3) is 0.455. The molecule has 6 heteroatoms. The predicted molar refractivity (Wildman–Crippen MR) is 65.0 cm³/mol. The van der Waals surface area contributed by atoms with Gasteiger partial charge in [0.2, 0.25) is 5.88 Å². The molecule has 0 radical (unpaired) electrons. The van der Waals surface area contributed by atoms with Crippen LogP contribution in [-0.4, -0.2) is 26.4 Å². The van der Waals surface area contributed by atoms with E-state index in [9.17, 15) is 0 Å². The smallest absolute Gasteiger partial charge is 0.213 e. The molecular formula is C11H17N5O. The number of anilines is 1. The van der Waals surface area contributed by atoms with Gasteiger partial charge < -0.3 is 14.6 Å². The van der Waals surface area contributed by atoms with Gasteiger partial charge in [-0.1, -0.05) is 0 Å². The summed E-state index contributed by atoms with van der Waals surface area (Å²) in [5.41, 5.74) is 0. The van der Waals surface area contributed by atoms with Gasteiger partial charge in [0.1, 0.15) is 5.82 Å². The van der Waals surface area contributed by atoms with Crippen LogP contribution < -0.4 is 10.1 Å². The van der Waals surface area contributed by atoms with E-state index in [1.165, 1.54) is 0 Å². The number of rotatable bonds is 4. The van der Waals surface area contributed by atoms with Crippen molar-refractivity contribution < 1.29 is 4.74 Å². The summed E-state index contributed by atoms with van der Waals surface area (Å²) in [6.45, 7) is 2.05. The number of nitrogens with zero attached hydrogens (tertiary/aromatic N) is 4. The SMILES string of the molecule is COc1cc(NC(C)c2nccn2C)nn1C. The van der Waals surface area contributed by atoms with Gasteiger partial charge in [0.05, 0.1) is 13.2 Å². The second kappa shape index (κ2) is 4.48. The molecule has 0 amide bonds. The van der Waals surface area contributed by atoms with Crippen molar-refractivity contribution in [3.05, 3.63) is 24.3 Å². The summed E-state index contributed by atoms with van der Waals surface area (Å²) in [6, 6.07) is 1.95. The van der Waals surface area contributed by atoms with Crippen LogP contribution in [0.2, 0.25) is 0 Å². The lowest BCUT2D eigenvalue weighted by molar-refractivity contribution is 0.373. The van der Waals surface area contributed by atoms with E-state index in [-0.39, 0.29) is 6.04 Å². The van der Waals surface area contributed by atoms with Gasteiger partial charge in [-0.3, -0.25) is 0 Å². The second-order valence-electron chi connectivity index (χ2n) is 3.96. The number of imidazole rings is 1. The standard InChI is InChI=1S/C11H17N5O/c1-8(11-12-5-6-15(11)2)13-9-7-10(17-4)16(3)14-9/h5-8H,1-4H3,(H,13,14). The van der Waals surface area contributed by atoms with Crippen molar-refractivity contribution in [1.29, 1.82) is 0 Å². The number of aromatic nitrogens is 4. The van der Waals surface area contributed by atoms with E-state index in [4.69, 9.17) is 4.74 Å². The molecule has 0 spiro atoms. The van der Waals surface area contributed by atoms with Gasteiger partial charge in [-0.2, -0.15) is 5.10 Å². The normalized spacial score (nSPS) is 12.5. The van der Waals surface area contributed by atoms with Crippen molar-refractivity contribution in [2.75, 3.05) is 12.4 Å². The Morgan fingerprint density at radius 2 is 2.18 bits per heavy atom. The zero-order chi connectivity index (χ0) is 12.4. The Balaban J connectivity index is 2.13. The van der Waals surface area contributed by atoms with Crippen molar-refractivity contribution in [3.8, 4) is 5.88 Å². The summed E-state index contributed by atoms with van der Waals surface area (Å²) in [6.07, 6.45) is 3.71. The molecule has 0 aromatic carbocycles. The number of nitrogens with one attached hydrogen (secondary N) is 1. The molecule has 17 heavy (non-hydrogen) atoms. The quantitative estimate of drug-likeness (QED) is 0.868. The Bertz CT molecular complexity index is 502. The summed E-state index contributed by atoms with van der Waals surface area (Å²) in [7, 11) is 5.44. The molecule has 0 aliphatic rings. The first-order valence-corrected chi connectivity index (χ1v) is 5.43. The molecule has 2 aromatic heterocycles. The van der Waals surface area contributed by atoms with Crippen molar-refractivity contribution in [2.24, 2.45) is 14.1 Å². The maximum atomic E-state index is 5.16. The number of hydrogen-bond donors (Lipinski definition) is 1. The van der Waals surface area contributed by atoms with Crippen LogP contribution in [0.1, 0.15) is 18.8 Å². The van der Waals surface area contributed by atoms with Crippen LogP contribution in [0, 0.1) is 0 Å². The number of aryl methyl sites for hydroxylation is 2. The first-order valence-electron chi connectivity index (χ1n) is 5.43. The van der Waals surface area contributed by atoms with Gasteiger partial charge in [-0.15, -0.1) is 0 Å².